The molecule has 0 aliphatic carbocycles. The minimum atomic E-state index is -1.32. The molecule has 0 saturated carbocycles. The van der Waals surface area contributed by atoms with E-state index in [9.17, 15) is 24.0 Å². The number of alkyl halides is 1. The quantitative estimate of drug-likeness (QED) is 0.458. The van der Waals surface area contributed by atoms with E-state index in [1.165, 1.54) is 21.0 Å². The van der Waals surface area contributed by atoms with E-state index in [4.69, 9.17) is 21.4 Å². The largest absolute Gasteiger partial charge is 0.481 e. The number of nitrogens with one attached hydrogen (secondary N) is 2. The third-order valence-corrected chi connectivity index (χ3v) is 4.40. The summed E-state index contributed by atoms with van der Waals surface area (Å²) in [5.74, 6) is -3.86. The maximum Gasteiger partial charge on any atom is 0.414 e. The number of rotatable bonds is 10. The monoisotopic (exact) mass is 441 g/mol. The van der Waals surface area contributed by atoms with Gasteiger partial charge in [0.2, 0.25) is 11.8 Å². The molecule has 0 fully saturated rings. The minimum absolute atomic E-state index is 0.415. The first-order valence-corrected chi connectivity index (χ1v) is 9.49. The first-order valence-electron chi connectivity index (χ1n) is 8.95. The van der Waals surface area contributed by atoms with Crippen molar-refractivity contribution in [2.24, 2.45) is 0 Å². The fourth-order valence-electron chi connectivity index (χ4n) is 2.50. The van der Waals surface area contributed by atoms with Crippen molar-refractivity contribution in [3.05, 3.63) is 30.3 Å². The van der Waals surface area contributed by atoms with E-state index >= 15 is 0 Å². The van der Waals surface area contributed by atoms with Gasteiger partial charge in [-0.25, -0.2) is 4.79 Å². The molecule has 3 N–H and O–H groups in total. The van der Waals surface area contributed by atoms with E-state index in [1.54, 1.807) is 30.3 Å². The van der Waals surface area contributed by atoms with Crippen LogP contribution >= 0.6 is 11.6 Å². The van der Waals surface area contributed by atoms with Gasteiger partial charge in [0.05, 0.1) is 25.5 Å². The van der Waals surface area contributed by atoms with Gasteiger partial charge in [-0.1, -0.05) is 18.2 Å². The van der Waals surface area contributed by atoms with Crippen LogP contribution in [-0.2, 0) is 23.9 Å². The molecule has 1 aromatic carbocycles. The van der Waals surface area contributed by atoms with Crippen LogP contribution < -0.4 is 15.5 Å². The van der Waals surface area contributed by atoms with E-state index in [0.717, 1.165) is 4.90 Å². The van der Waals surface area contributed by atoms with Crippen LogP contribution in [0.1, 0.15) is 20.3 Å². The molecule has 3 amide bonds. The van der Waals surface area contributed by atoms with Gasteiger partial charge in [0.15, 0.2) is 5.78 Å². The van der Waals surface area contributed by atoms with E-state index in [-0.39, 0.29) is 0 Å². The van der Waals surface area contributed by atoms with Crippen molar-refractivity contribution in [1.82, 2.24) is 10.6 Å². The Morgan fingerprint density at radius 3 is 2.17 bits per heavy atom. The molecular formula is C19H24ClN3O7. The van der Waals surface area contributed by atoms with Crippen LogP contribution in [0.4, 0.5) is 10.5 Å². The summed E-state index contributed by atoms with van der Waals surface area (Å²) in [6.45, 7) is 2.81. The Hall–Kier alpha value is -3.14. The summed E-state index contributed by atoms with van der Waals surface area (Å²) in [6.07, 6.45) is -1.41. The van der Waals surface area contributed by atoms with Crippen LogP contribution in [0.3, 0.4) is 0 Å². The Labute approximate surface area is 178 Å². The number of benzene rings is 1. The lowest BCUT2D eigenvalue weighted by Gasteiger charge is -2.28. The molecule has 0 heterocycles. The summed E-state index contributed by atoms with van der Waals surface area (Å²) in [7, 11) is 1.18. The molecule has 3 unspecified atom stereocenters. The number of carbonyl (C=O) groups is 5. The summed E-state index contributed by atoms with van der Waals surface area (Å²) in [6, 6.07) is 4.87. The summed E-state index contributed by atoms with van der Waals surface area (Å²) < 4.78 is 4.74. The Balaban J connectivity index is 2.87. The summed E-state index contributed by atoms with van der Waals surface area (Å²) >= 11 is 5.44. The van der Waals surface area contributed by atoms with Gasteiger partial charge in [-0.05, 0) is 26.0 Å². The van der Waals surface area contributed by atoms with Crippen molar-refractivity contribution in [3.63, 3.8) is 0 Å². The molecule has 11 heteroatoms. The summed E-state index contributed by atoms with van der Waals surface area (Å²) in [4.78, 5) is 60.9. The number of carboxylic acids is 1. The molecule has 164 valence electrons. The average molecular weight is 442 g/mol. The number of methoxy groups -OCH3 is 1. The van der Waals surface area contributed by atoms with Crippen molar-refractivity contribution in [1.29, 1.82) is 0 Å². The first kappa shape index (κ1) is 24.9. The summed E-state index contributed by atoms with van der Waals surface area (Å²) in [5, 5.41) is 13.6. The molecule has 0 saturated heterocycles. The smallest absolute Gasteiger partial charge is 0.414 e. The predicted molar refractivity (Wildman–Crippen MR) is 108 cm³/mol. The van der Waals surface area contributed by atoms with Gasteiger partial charge in [0.25, 0.3) is 0 Å². The maximum absolute atomic E-state index is 12.6. The fraction of sp³-hybridized carbons (Fsp3) is 0.421. The highest BCUT2D eigenvalue weighted by Gasteiger charge is 2.31. The van der Waals surface area contributed by atoms with Gasteiger partial charge in [0, 0.05) is 5.69 Å². The number of anilines is 1. The van der Waals surface area contributed by atoms with E-state index < -0.39 is 60.1 Å². The topological polar surface area (TPSA) is 142 Å². The van der Waals surface area contributed by atoms with Gasteiger partial charge in [0.1, 0.15) is 12.1 Å². The lowest BCUT2D eigenvalue weighted by Crippen LogP contribution is -2.55. The van der Waals surface area contributed by atoms with Gasteiger partial charge >= 0.3 is 12.1 Å². The maximum atomic E-state index is 12.6. The molecule has 30 heavy (non-hydrogen) atoms. The SMILES string of the molecule is COC(=O)N(c1ccccc1)C(C)C(=O)NC(C)C(=O)NC(CC(=O)O)C(=O)CCl. The van der Waals surface area contributed by atoms with Crippen molar-refractivity contribution >= 4 is 46.9 Å². The number of hydrogen-bond acceptors (Lipinski definition) is 6. The first-order chi connectivity index (χ1) is 14.1. The third kappa shape index (κ3) is 7.03. The molecule has 1 rings (SSSR count). The van der Waals surface area contributed by atoms with Crippen LogP contribution in [-0.4, -0.2) is 65.9 Å². The molecule has 10 nitrogen and oxygen atoms in total. The van der Waals surface area contributed by atoms with Gasteiger partial charge in [-0.3, -0.25) is 24.1 Å². The zero-order valence-electron chi connectivity index (χ0n) is 16.8. The number of carbonyl (C=O) groups excluding carboxylic acids is 4. The number of hydrogen-bond donors (Lipinski definition) is 3. The molecular weight excluding hydrogens is 418 g/mol. The second-order valence-electron chi connectivity index (χ2n) is 6.34. The number of halogens is 1. The molecule has 3 atom stereocenters. The minimum Gasteiger partial charge on any atom is -0.481 e. The molecule has 0 radical (unpaired) electrons. The normalized spacial score (nSPS) is 13.3. The van der Waals surface area contributed by atoms with Crippen LogP contribution in [0, 0.1) is 0 Å². The van der Waals surface area contributed by atoms with E-state index in [1.807, 2.05) is 0 Å². The predicted octanol–water partition coefficient (Wildman–Crippen LogP) is 0.920. The Morgan fingerprint density at radius 2 is 1.67 bits per heavy atom. The third-order valence-electron chi connectivity index (χ3n) is 4.14. The van der Waals surface area contributed by atoms with Crippen molar-refractivity contribution < 1.29 is 33.8 Å². The second-order valence-corrected chi connectivity index (χ2v) is 6.61. The molecule has 0 aliphatic heterocycles. The van der Waals surface area contributed by atoms with E-state index in [2.05, 4.69) is 10.6 Å². The Morgan fingerprint density at radius 1 is 1.07 bits per heavy atom. The summed E-state index contributed by atoms with van der Waals surface area (Å²) in [5.41, 5.74) is 0.415. The van der Waals surface area contributed by atoms with Crippen molar-refractivity contribution in [2.75, 3.05) is 17.9 Å². The fourth-order valence-corrected chi connectivity index (χ4v) is 2.69. The van der Waals surface area contributed by atoms with Gasteiger partial charge < -0.3 is 20.5 Å². The van der Waals surface area contributed by atoms with Crippen LogP contribution in [0.25, 0.3) is 0 Å². The number of Topliss-reactive ketones (excluding diaryl/α,β-unsaturated/α-hetero) is 1. The van der Waals surface area contributed by atoms with Crippen LogP contribution in [0.2, 0.25) is 0 Å². The lowest BCUT2D eigenvalue weighted by molar-refractivity contribution is -0.140. The number of carboxylic acid groups (broad SMARTS) is 1. The van der Waals surface area contributed by atoms with Crippen molar-refractivity contribution in [2.45, 2.75) is 38.4 Å². The molecule has 1 aromatic rings. The number of ketones is 1. The number of amides is 3. The highest BCUT2D eigenvalue weighted by Crippen LogP contribution is 2.18. The van der Waals surface area contributed by atoms with Crippen LogP contribution in [0.15, 0.2) is 30.3 Å². The van der Waals surface area contributed by atoms with Crippen molar-refractivity contribution in [3.8, 4) is 0 Å². The van der Waals surface area contributed by atoms with Gasteiger partial charge in [-0.2, -0.15) is 0 Å². The van der Waals surface area contributed by atoms with E-state index in [0.29, 0.717) is 5.69 Å². The standard InChI is InChI=1S/C19H24ClN3O7/c1-11(17(27)22-14(9-16(25)26)15(24)10-20)21-18(28)12(2)23(19(29)30-3)13-7-5-4-6-8-13/h4-8,11-12,14H,9-10H2,1-3H3,(H,21,28)(H,22,27)(H,25,26). The average Bonchev–Trinajstić information content (AvgIpc) is 2.72. The zero-order chi connectivity index (χ0) is 22.8. The van der Waals surface area contributed by atoms with Gasteiger partial charge in [-0.15, -0.1) is 11.6 Å². The zero-order valence-corrected chi connectivity index (χ0v) is 17.5. The molecule has 0 aromatic heterocycles. The molecule has 0 bridgehead atoms. The number of nitrogens with zero attached hydrogens (tertiary/aromatic N) is 1. The molecule has 0 aliphatic rings. The molecule has 0 spiro atoms. The Bertz CT molecular complexity index is 788. The second kappa shape index (κ2) is 11.8. The number of ether oxygens (including phenoxy) is 1. The van der Waals surface area contributed by atoms with Crippen LogP contribution in [0.5, 0.6) is 0 Å². The highest BCUT2D eigenvalue weighted by atomic mass is 35.5. The number of para-hydroxylation sites is 1. The highest BCUT2D eigenvalue weighted by molar-refractivity contribution is 6.28. The number of aliphatic carboxylic acids is 1. The Kier molecular flexibility index (Phi) is 9.76. The lowest BCUT2D eigenvalue weighted by atomic mass is 10.1.